The molecule has 10 heteroatoms. The van der Waals surface area contributed by atoms with Crippen LogP contribution in [0.2, 0.25) is 0 Å². The van der Waals surface area contributed by atoms with Gasteiger partial charge < -0.3 is 24.4 Å². The molecule has 0 bridgehead atoms. The number of nitrogens with one attached hydrogen (secondary N) is 1. The third kappa shape index (κ3) is 4.63. The summed E-state index contributed by atoms with van der Waals surface area (Å²) in [6.45, 7) is 2.44. The highest BCUT2D eigenvalue weighted by Crippen LogP contribution is 2.41. The van der Waals surface area contributed by atoms with E-state index in [1.54, 1.807) is 12.1 Å². The number of halogens is 1. The number of hydrogen-bond donors (Lipinski definition) is 1. The van der Waals surface area contributed by atoms with Crippen molar-refractivity contribution in [3.63, 3.8) is 0 Å². The molecule has 4 aliphatic rings. The van der Waals surface area contributed by atoms with Gasteiger partial charge in [0.2, 0.25) is 11.8 Å². The molecule has 2 aromatic rings. The van der Waals surface area contributed by atoms with E-state index in [-0.39, 0.29) is 48.3 Å². The molecule has 3 saturated heterocycles. The molecule has 3 atom stereocenters. The third-order valence-corrected chi connectivity index (χ3v) is 7.77. The number of nitrogens with zero attached hydrogens (tertiary/aromatic N) is 4. The zero-order valence-corrected chi connectivity index (χ0v) is 19.6. The van der Waals surface area contributed by atoms with Crippen molar-refractivity contribution >= 4 is 11.9 Å². The Labute approximate surface area is 203 Å². The predicted molar refractivity (Wildman–Crippen MR) is 122 cm³/mol. The average molecular weight is 484 g/mol. The summed E-state index contributed by atoms with van der Waals surface area (Å²) in [5.74, 6) is 1.41. The summed E-state index contributed by atoms with van der Waals surface area (Å²) in [5, 5.41) is 7.16. The SMILES string of the molecule is O=C1CO[C@H]2CCN(C(=O)N3CCC(C(c4ccc(F)cc4)c4nc(C5CC5)no4)CC3)CC2N1. The molecular weight excluding hydrogens is 453 g/mol. The molecule has 3 aliphatic heterocycles. The van der Waals surface area contributed by atoms with E-state index in [0.717, 1.165) is 43.5 Å². The van der Waals surface area contributed by atoms with Crippen molar-refractivity contribution in [3.8, 4) is 0 Å². The highest BCUT2D eigenvalue weighted by atomic mass is 19.1. The molecule has 186 valence electrons. The highest BCUT2D eigenvalue weighted by Gasteiger charge is 2.40. The van der Waals surface area contributed by atoms with Gasteiger partial charge in [0.1, 0.15) is 12.4 Å². The summed E-state index contributed by atoms with van der Waals surface area (Å²) in [7, 11) is 0. The smallest absolute Gasteiger partial charge is 0.320 e. The van der Waals surface area contributed by atoms with E-state index in [2.05, 4.69) is 10.5 Å². The van der Waals surface area contributed by atoms with Gasteiger partial charge in [0.15, 0.2) is 5.82 Å². The molecule has 6 rings (SSSR count). The van der Waals surface area contributed by atoms with Gasteiger partial charge >= 0.3 is 6.03 Å². The summed E-state index contributed by atoms with van der Waals surface area (Å²) in [5.41, 5.74) is 0.956. The Kier molecular flexibility index (Phi) is 5.91. The zero-order valence-electron chi connectivity index (χ0n) is 19.6. The lowest BCUT2D eigenvalue weighted by molar-refractivity contribution is -0.139. The van der Waals surface area contributed by atoms with Crippen molar-refractivity contribution in [2.24, 2.45) is 5.92 Å². The number of carbonyl (C=O) groups excluding carboxylic acids is 2. The number of aromatic nitrogens is 2. The van der Waals surface area contributed by atoms with E-state index in [0.29, 0.717) is 38.0 Å². The van der Waals surface area contributed by atoms with Gasteiger partial charge in [0, 0.05) is 32.1 Å². The minimum absolute atomic E-state index is 0.00821. The standard InChI is InChI=1S/C25H30FN5O4/c26-18-5-3-15(4-6-18)22(24-28-23(29-35-24)17-1-2-17)16-7-10-30(11-8-16)25(33)31-12-9-20-19(13-31)27-21(32)14-34-20/h3-6,16-17,19-20,22H,1-2,7-14H2,(H,27,32)/t19?,20-,22?/m0/s1. The van der Waals surface area contributed by atoms with Crippen LogP contribution in [-0.4, -0.2) is 76.8 Å². The second kappa shape index (κ2) is 9.22. The van der Waals surface area contributed by atoms with Crippen molar-refractivity contribution in [2.75, 3.05) is 32.8 Å². The van der Waals surface area contributed by atoms with Crippen LogP contribution in [0.1, 0.15) is 61.2 Å². The van der Waals surface area contributed by atoms with Gasteiger partial charge in [-0.15, -0.1) is 0 Å². The van der Waals surface area contributed by atoms with Crippen molar-refractivity contribution in [1.82, 2.24) is 25.3 Å². The summed E-state index contributed by atoms with van der Waals surface area (Å²) < 4.78 is 24.9. The first-order valence-corrected chi connectivity index (χ1v) is 12.6. The minimum atomic E-state index is -0.277. The van der Waals surface area contributed by atoms with E-state index in [1.165, 1.54) is 12.1 Å². The number of morpholine rings is 1. The van der Waals surface area contributed by atoms with Crippen molar-refractivity contribution < 1.29 is 23.2 Å². The third-order valence-electron chi connectivity index (χ3n) is 7.77. The molecular formula is C25H30FN5O4. The molecule has 3 amide bonds. The molecule has 9 nitrogen and oxygen atoms in total. The molecule has 0 spiro atoms. The number of rotatable bonds is 4. The number of urea groups is 1. The van der Waals surface area contributed by atoms with Crippen LogP contribution in [0.3, 0.4) is 0 Å². The number of fused-ring (bicyclic) bond motifs is 1. The fourth-order valence-electron chi connectivity index (χ4n) is 5.67. The van der Waals surface area contributed by atoms with Gasteiger partial charge in [-0.05, 0) is 55.7 Å². The number of benzene rings is 1. The van der Waals surface area contributed by atoms with Crippen LogP contribution in [-0.2, 0) is 9.53 Å². The fourth-order valence-corrected chi connectivity index (χ4v) is 5.67. The van der Waals surface area contributed by atoms with Gasteiger partial charge in [0.05, 0.1) is 18.1 Å². The Morgan fingerprint density at radius 1 is 1.06 bits per heavy atom. The summed E-state index contributed by atoms with van der Waals surface area (Å²) in [4.78, 5) is 33.4. The maximum absolute atomic E-state index is 13.6. The first-order valence-electron chi connectivity index (χ1n) is 12.6. The number of hydrogen-bond acceptors (Lipinski definition) is 6. The number of piperidine rings is 2. The summed E-state index contributed by atoms with van der Waals surface area (Å²) in [6, 6.07) is 6.39. The normalized spacial score (nSPS) is 26.3. The molecule has 0 radical (unpaired) electrons. The van der Waals surface area contributed by atoms with Gasteiger partial charge in [-0.1, -0.05) is 17.3 Å². The summed E-state index contributed by atoms with van der Waals surface area (Å²) >= 11 is 0. The fraction of sp³-hybridized carbons (Fsp3) is 0.600. The van der Waals surface area contributed by atoms with Gasteiger partial charge in [0.25, 0.3) is 0 Å². The monoisotopic (exact) mass is 483 g/mol. The maximum Gasteiger partial charge on any atom is 0.320 e. The molecule has 1 saturated carbocycles. The van der Waals surface area contributed by atoms with Crippen molar-refractivity contribution in [1.29, 1.82) is 0 Å². The van der Waals surface area contributed by atoms with Gasteiger partial charge in [-0.3, -0.25) is 4.79 Å². The van der Waals surface area contributed by atoms with Gasteiger partial charge in [-0.2, -0.15) is 4.98 Å². The van der Waals surface area contributed by atoms with Crippen molar-refractivity contribution in [2.45, 2.75) is 56.1 Å². The van der Waals surface area contributed by atoms with Crippen LogP contribution in [0.4, 0.5) is 9.18 Å². The lowest BCUT2D eigenvalue weighted by atomic mass is 9.80. The van der Waals surface area contributed by atoms with Crippen LogP contribution in [0.25, 0.3) is 0 Å². The molecule has 1 aromatic carbocycles. The Hall–Kier alpha value is -3.01. The molecule has 35 heavy (non-hydrogen) atoms. The van der Waals surface area contributed by atoms with E-state index < -0.39 is 0 Å². The average Bonchev–Trinajstić information content (AvgIpc) is 3.62. The van der Waals surface area contributed by atoms with Crippen LogP contribution >= 0.6 is 0 Å². The molecule has 4 heterocycles. The summed E-state index contributed by atoms with van der Waals surface area (Å²) in [6.07, 6.45) is 4.46. The Balaban J connectivity index is 1.13. The lowest BCUT2D eigenvalue weighted by Gasteiger charge is -2.43. The van der Waals surface area contributed by atoms with Crippen LogP contribution in [0, 0.1) is 11.7 Å². The maximum atomic E-state index is 13.6. The van der Waals surface area contributed by atoms with E-state index in [9.17, 15) is 14.0 Å². The van der Waals surface area contributed by atoms with E-state index >= 15 is 0 Å². The number of amides is 3. The topological polar surface area (TPSA) is 101 Å². The second-order valence-corrected chi connectivity index (χ2v) is 10.2. The number of ether oxygens (including phenoxy) is 1. The lowest BCUT2D eigenvalue weighted by Crippen LogP contribution is -2.62. The highest BCUT2D eigenvalue weighted by molar-refractivity contribution is 5.79. The molecule has 4 fully saturated rings. The van der Waals surface area contributed by atoms with Crippen LogP contribution < -0.4 is 5.32 Å². The quantitative estimate of drug-likeness (QED) is 0.718. The molecule has 1 aromatic heterocycles. The van der Waals surface area contributed by atoms with Crippen molar-refractivity contribution in [3.05, 3.63) is 47.4 Å². The number of carbonyl (C=O) groups is 2. The number of likely N-dealkylation sites (tertiary alicyclic amines) is 2. The molecule has 2 unspecified atom stereocenters. The zero-order chi connectivity index (χ0) is 23.9. The van der Waals surface area contributed by atoms with E-state index in [1.807, 2.05) is 9.80 Å². The van der Waals surface area contributed by atoms with Gasteiger partial charge in [-0.25, -0.2) is 9.18 Å². The first-order chi connectivity index (χ1) is 17.0. The van der Waals surface area contributed by atoms with E-state index in [4.69, 9.17) is 14.2 Å². The first kappa shape index (κ1) is 22.5. The van der Waals surface area contributed by atoms with Crippen LogP contribution in [0.5, 0.6) is 0 Å². The Morgan fingerprint density at radius 3 is 2.54 bits per heavy atom. The van der Waals surface area contributed by atoms with Crippen LogP contribution in [0.15, 0.2) is 28.8 Å². The second-order valence-electron chi connectivity index (χ2n) is 10.2. The minimum Gasteiger partial charge on any atom is -0.366 e. The molecule has 1 aliphatic carbocycles. The Morgan fingerprint density at radius 2 is 1.80 bits per heavy atom. The molecule has 1 N–H and O–H groups in total. The predicted octanol–water partition coefficient (Wildman–Crippen LogP) is 2.64. The Bertz CT molecular complexity index is 1080. The largest absolute Gasteiger partial charge is 0.366 e.